The van der Waals surface area contributed by atoms with Gasteiger partial charge in [0.1, 0.15) is 29.5 Å². The Balaban J connectivity index is 0.00000420. The maximum absolute atomic E-state index is 6.80. The predicted octanol–water partition coefficient (Wildman–Crippen LogP) is 7.46. The van der Waals surface area contributed by atoms with E-state index >= 15 is 0 Å². The molecule has 3 aromatic carbocycles. The highest BCUT2D eigenvalue weighted by molar-refractivity contribution is 9.10. The van der Waals surface area contributed by atoms with Gasteiger partial charge in [-0.2, -0.15) is 9.13 Å². The highest BCUT2D eigenvalue weighted by atomic mass is 79.9. The maximum Gasteiger partial charge on any atom is 0.472 e. The molecule has 0 unspecified atom stereocenters. The van der Waals surface area contributed by atoms with E-state index < -0.39 is 0 Å². The van der Waals surface area contributed by atoms with Gasteiger partial charge in [0.25, 0.3) is 0 Å². The van der Waals surface area contributed by atoms with E-state index in [2.05, 4.69) is 129 Å². The minimum absolute atomic E-state index is 0. The first-order chi connectivity index (χ1) is 18.0. The Morgan fingerprint density at radius 2 is 1.23 bits per heavy atom. The zero-order chi connectivity index (χ0) is 27.7. The largest absolute Gasteiger partial charge is 1.00 e. The summed E-state index contributed by atoms with van der Waals surface area (Å²) in [4.78, 5) is 0. The first-order valence-corrected chi connectivity index (χ1v) is 14.7. The molecule has 0 amide bonds. The van der Waals surface area contributed by atoms with Gasteiger partial charge in [0.05, 0.1) is 5.02 Å². The first kappa shape index (κ1) is 31.3. The summed E-state index contributed by atoms with van der Waals surface area (Å²) in [6.45, 7) is 18.0. The van der Waals surface area contributed by atoms with Crippen molar-refractivity contribution in [3.8, 4) is 23.1 Å². The molecule has 4 rings (SSSR count). The highest BCUT2D eigenvalue weighted by Gasteiger charge is 2.31. The fourth-order valence-corrected chi connectivity index (χ4v) is 5.52. The van der Waals surface area contributed by atoms with Crippen molar-refractivity contribution >= 4 is 27.5 Å². The number of rotatable bonds is 8. The van der Waals surface area contributed by atoms with E-state index in [9.17, 15) is 0 Å². The molecule has 1 heterocycles. The lowest BCUT2D eigenvalue weighted by atomic mass is 9.92. The summed E-state index contributed by atoms with van der Waals surface area (Å²) in [5.74, 6) is 2.13. The zero-order valence-electron chi connectivity index (χ0n) is 24.1. The lowest BCUT2D eigenvalue weighted by Crippen LogP contribution is -3.00. The molecule has 0 aliphatic carbocycles. The Morgan fingerprint density at radius 1 is 0.744 bits per heavy atom. The Kier molecular flexibility index (Phi) is 10.4. The third-order valence-electron chi connectivity index (χ3n) is 7.04. The molecular formula is C33H39BrCl2N2O. The summed E-state index contributed by atoms with van der Waals surface area (Å²) in [5.41, 5.74) is 7.55. The van der Waals surface area contributed by atoms with Crippen LogP contribution in [0.15, 0.2) is 71.5 Å². The summed E-state index contributed by atoms with van der Waals surface area (Å²) in [6.07, 6.45) is 4.29. The first-order valence-electron chi connectivity index (χ1n) is 13.5. The smallest absolute Gasteiger partial charge is 0.472 e. The second-order valence-corrected chi connectivity index (χ2v) is 12.4. The molecule has 4 aromatic rings. The number of ether oxygens (including phenoxy) is 1. The number of benzene rings is 3. The molecule has 0 saturated carbocycles. The molecule has 0 aliphatic heterocycles. The maximum atomic E-state index is 6.80. The molecule has 208 valence electrons. The van der Waals surface area contributed by atoms with E-state index in [0.29, 0.717) is 28.7 Å². The molecule has 3 nitrogen and oxygen atoms in total. The van der Waals surface area contributed by atoms with E-state index in [0.717, 1.165) is 16.2 Å². The zero-order valence-corrected chi connectivity index (χ0v) is 27.2. The van der Waals surface area contributed by atoms with Gasteiger partial charge in [-0.15, -0.1) is 0 Å². The minimum Gasteiger partial charge on any atom is -1.00 e. The van der Waals surface area contributed by atoms with Crippen LogP contribution in [0.2, 0.25) is 5.02 Å². The normalized spacial score (nSPS) is 11.5. The number of para-hydroxylation sites is 2. The van der Waals surface area contributed by atoms with Gasteiger partial charge in [-0.3, -0.25) is 0 Å². The van der Waals surface area contributed by atoms with Crippen LogP contribution in [0.4, 0.5) is 0 Å². The van der Waals surface area contributed by atoms with Crippen LogP contribution in [-0.2, 0) is 0 Å². The Morgan fingerprint density at radius 3 is 1.69 bits per heavy atom. The van der Waals surface area contributed by atoms with Crippen molar-refractivity contribution in [1.29, 1.82) is 0 Å². The molecule has 0 fully saturated rings. The van der Waals surface area contributed by atoms with Crippen LogP contribution in [0, 0.1) is 0 Å². The topological polar surface area (TPSA) is 18.0 Å². The Labute approximate surface area is 253 Å². The van der Waals surface area contributed by atoms with Gasteiger partial charge in [0.2, 0.25) is 0 Å². The molecule has 6 heteroatoms. The third kappa shape index (κ3) is 6.39. The number of hydrogen-bond donors (Lipinski definition) is 0. The van der Waals surface area contributed by atoms with E-state index in [4.69, 9.17) is 16.3 Å². The Bertz CT molecular complexity index is 1310. The molecule has 1 aromatic heterocycles. The molecule has 0 saturated heterocycles. The van der Waals surface area contributed by atoms with Gasteiger partial charge < -0.3 is 17.1 Å². The monoisotopic (exact) mass is 628 g/mol. The van der Waals surface area contributed by atoms with Crippen molar-refractivity contribution in [2.24, 2.45) is 0 Å². The van der Waals surface area contributed by atoms with Gasteiger partial charge in [-0.05, 0) is 57.8 Å². The van der Waals surface area contributed by atoms with Crippen molar-refractivity contribution in [2.75, 3.05) is 0 Å². The van der Waals surface area contributed by atoms with Gasteiger partial charge >= 0.3 is 6.01 Å². The Hall–Kier alpha value is -2.27. The molecule has 0 atom stereocenters. The van der Waals surface area contributed by atoms with E-state index in [1.54, 1.807) is 0 Å². The average molecular weight is 630 g/mol. The summed E-state index contributed by atoms with van der Waals surface area (Å²) in [7, 11) is 0. The summed E-state index contributed by atoms with van der Waals surface area (Å²) in [5, 5.41) is 0.653. The molecule has 0 bridgehead atoms. The van der Waals surface area contributed by atoms with Gasteiger partial charge in [0, 0.05) is 26.7 Å². The summed E-state index contributed by atoms with van der Waals surface area (Å²) >= 11 is 9.90. The molecule has 0 N–H and O–H groups in total. The van der Waals surface area contributed by atoms with Gasteiger partial charge in [-0.1, -0.05) is 103 Å². The molecule has 0 spiro atoms. The fourth-order valence-electron chi connectivity index (χ4n) is 5.04. The fraction of sp³-hybridized carbons (Fsp3) is 0.364. The molecule has 39 heavy (non-hydrogen) atoms. The number of imidazole rings is 1. The highest BCUT2D eigenvalue weighted by Crippen LogP contribution is 2.37. The van der Waals surface area contributed by atoms with Crippen LogP contribution in [-0.4, -0.2) is 4.57 Å². The number of hydrogen-bond acceptors (Lipinski definition) is 1. The van der Waals surface area contributed by atoms with Crippen molar-refractivity contribution in [3.05, 3.63) is 98.7 Å². The van der Waals surface area contributed by atoms with E-state index in [1.807, 2.05) is 18.2 Å². The van der Waals surface area contributed by atoms with Crippen LogP contribution in [0.1, 0.15) is 101 Å². The predicted molar refractivity (Wildman–Crippen MR) is 163 cm³/mol. The van der Waals surface area contributed by atoms with Crippen LogP contribution < -0.4 is 21.7 Å². The molecular weight excluding hydrogens is 591 g/mol. The summed E-state index contributed by atoms with van der Waals surface area (Å²) in [6, 6.07) is 19.7. The lowest BCUT2D eigenvalue weighted by molar-refractivity contribution is -0.602. The number of nitrogens with zero attached hydrogens (tertiary/aromatic N) is 2. The standard InChI is InChI=1S/C33H39BrClN2O.ClH/c1-20(2)25-11-9-12-26(21(3)4)31(25)36-17-18-37(33(36)38-24-15-16-30(35)29(34)19-24)32-27(22(5)6)13-10-14-28(32)23(7)8;/h9-23H,1-8H3;1H/q+1;/p-1. The SMILES string of the molecule is CC(C)c1cccc(C(C)C)c1-n1cc[n+](-c2c(C(C)C)cccc2C(C)C)c1Oc1ccc(Cl)c(Br)c1.[Cl-]. The van der Waals surface area contributed by atoms with Crippen molar-refractivity contribution in [1.82, 2.24) is 4.57 Å². The minimum atomic E-state index is 0. The van der Waals surface area contributed by atoms with Gasteiger partial charge in [0.15, 0.2) is 0 Å². The van der Waals surface area contributed by atoms with Crippen LogP contribution in [0.25, 0.3) is 11.4 Å². The van der Waals surface area contributed by atoms with E-state index in [1.165, 1.54) is 33.6 Å². The van der Waals surface area contributed by atoms with Crippen molar-refractivity contribution in [3.63, 3.8) is 0 Å². The van der Waals surface area contributed by atoms with Crippen LogP contribution in [0.5, 0.6) is 11.8 Å². The van der Waals surface area contributed by atoms with E-state index in [-0.39, 0.29) is 12.4 Å². The average Bonchev–Trinajstić information content (AvgIpc) is 3.27. The van der Waals surface area contributed by atoms with Gasteiger partial charge in [-0.25, -0.2) is 0 Å². The second kappa shape index (κ2) is 12.9. The molecule has 0 radical (unpaired) electrons. The van der Waals surface area contributed by atoms with Crippen molar-refractivity contribution in [2.45, 2.75) is 79.1 Å². The quantitative estimate of drug-likeness (QED) is 0.185. The van der Waals surface area contributed by atoms with Crippen molar-refractivity contribution < 1.29 is 21.7 Å². The van der Waals surface area contributed by atoms with Crippen LogP contribution in [0.3, 0.4) is 0 Å². The third-order valence-corrected chi connectivity index (χ3v) is 8.26. The van der Waals surface area contributed by atoms with Crippen LogP contribution >= 0.6 is 27.5 Å². The second-order valence-electron chi connectivity index (χ2n) is 11.2. The molecule has 0 aliphatic rings. The lowest BCUT2D eigenvalue weighted by Gasteiger charge is -2.19. The summed E-state index contributed by atoms with van der Waals surface area (Å²) < 4.78 is 12.1. The number of aromatic nitrogens is 2. The number of halogens is 3.